The maximum absolute atomic E-state index is 11.0. The van der Waals surface area contributed by atoms with Gasteiger partial charge < -0.3 is 14.2 Å². The number of ether oxygens (including phenoxy) is 3. The highest BCUT2D eigenvalue weighted by Crippen LogP contribution is 2.33. The number of hydrogen-bond donors (Lipinski definition) is 2. The Balaban J connectivity index is 2.00. The summed E-state index contributed by atoms with van der Waals surface area (Å²) in [6.45, 7) is 4.67. The Hall–Kier alpha value is -3.06. The predicted octanol–water partition coefficient (Wildman–Crippen LogP) is 3.60. The van der Waals surface area contributed by atoms with E-state index in [1.807, 2.05) is 30.3 Å². The monoisotopic (exact) mass is 386 g/mol. The summed E-state index contributed by atoms with van der Waals surface area (Å²) >= 11 is 0. The number of benzene rings is 1. The van der Waals surface area contributed by atoms with E-state index in [2.05, 4.69) is 11.6 Å². The second-order valence-corrected chi connectivity index (χ2v) is 6.13. The Morgan fingerprint density at radius 2 is 1.86 bits per heavy atom. The second-order valence-electron chi connectivity index (χ2n) is 6.13. The molecule has 0 aliphatic carbocycles. The van der Waals surface area contributed by atoms with E-state index in [0.717, 1.165) is 29.5 Å². The van der Waals surface area contributed by atoms with Crippen LogP contribution in [0.1, 0.15) is 36.8 Å². The summed E-state index contributed by atoms with van der Waals surface area (Å²) < 4.78 is 16.4. The minimum atomic E-state index is -0.374. The lowest BCUT2D eigenvalue weighted by molar-refractivity contribution is -0.129. The van der Waals surface area contributed by atoms with Gasteiger partial charge in [-0.1, -0.05) is 12.6 Å². The number of hydrogen-bond acceptors (Lipinski definition) is 6. The Bertz CT molecular complexity index is 807. The van der Waals surface area contributed by atoms with Gasteiger partial charge in [-0.2, -0.15) is 0 Å². The highest BCUT2D eigenvalue weighted by molar-refractivity contribution is 5.79. The molecule has 0 radical (unpaired) electrons. The van der Waals surface area contributed by atoms with Crippen LogP contribution in [0, 0.1) is 0 Å². The van der Waals surface area contributed by atoms with Crippen molar-refractivity contribution in [3.8, 4) is 17.4 Å². The normalized spacial score (nSPS) is 10.2. The van der Waals surface area contributed by atoms with Crippen LogP contribution in [0.3, 0.4) is 0 Å². The molecule has 1 heterocycles. The van der Waals surface area contributed by atoms with E-state index in [1.54, 1.807) is 25.9 Å². The van der Waals surface area contributed by atoms with Crippen molar-refractivity contribution in [1.82, 2.24) is 10.5 Å². The van der Waals surface area contributed by atoms with Gasteiger partial charge in [-0.15, -0.1) is 0 Å². The summed E-state index contributed by atoms with van der Waals surface area (Å²) in [4.78, 5) is 15.1. The van der Waals surface area contributed by atoms with Gasteiger partial charge in [-0.25, -0.2) is 10.5 Å². The van der Waals surface area contributed by atoms with E-state index in [0.29, 0.717) is 36.8 Å². The van der Waals surface area contributed by atoms with Crippen LogP contribution < -0.4 is 19.7 Å². The average Bonchev–Trinajstić information content (AvgIpc) is 2.75. The van der Waals surface area contributed by atoms with Crippen molar-refractivity contribution < 1.29 is 24.2 Å². The van der Waals surface area contributed by atoms with Gasteiger partial charge in [0.25, 0.3) is 0 Å². The SMILES string of the molecule is C=C(c1ccnc(OC)c1)c1ccc(OC)c(OCCCCCC(=O)NO)c1. The Labute approximate surface area is 164 Å². The highest BCUT2D eigenvalue weighted by atomic mass is 16.5. The van der Waals surface area contributed by atoms with Gasteiger partial charge in [0.05, 0.1) is 20.8 Å². The molecule has 0 spiro atoms. The van der Waals surface area contributed by atoms with Gasteiger partial charge in [-0.05, 0) is 54.2 Å². The summed E-state index contributed by atoms with van der Waals surface area (Å²) in [5.74, 6) is 1.43. The number of carbonyl (C=O) groups is 1. The zero-order valence-corrected chi connectivity index (χ0v) is 16.2. The molecule has 0 fully saturated rings. The molecule has 0 aliphatic rings. The molecular formula is C21H26N2O5. The summed E-state index contributed by atoms with van der Waals surface area (Å²) in [6, 6.07) is 9.37. The van der Waals surface area contributed by atoms with E-state index in [-0.39, 0.29) is 5.91 Å². The molecule has 7 heteroatoms. The van der Waals surface area contributed by atoms with Crippen LogP contribution in [0.5, 0.6) is 17.4 Å². The van der Waals surface area contributed by atoms with Gasteiger partial charge in [0.15, 0.2) is 11.5 Å². The molecular weight excluding hydrogens is 360 g/mol. The van der Waals surface area contributed by atoms with Crippen LogP contribution in [0.4, 0.5) is 0 Å². The molecule has 0 unspecified atom stereocenters. The van der Waals surface area contributed by atoms with Crippen LogP contribution in [0.2, 0.25) is 0 Å². The first-order valence-corrected chi connectivity index (χ1v) is 9.02. The number of nitrogens with one attached hydrogen (secondary N) is 1. The van der Waals surface area contributed by atoms with Crippen molar-refractivity contribution in [2.75, 3.05) is 20.8 Å². The minimum absolute atomic E-state index is 0.296. The summed E-state index contributed by atoms with van der Waals surface area (Å²) in [6.07, 6.45) is 4.27. The second kappa shape index (κ2) is 10.9. The third kappa shape index (κ3) is 5.99. The number of aromatic nitrogens is 1. The lowest BCUT2D eigenvalue weighted by Gasteiger charge is -2.14. The predicted molar refractivity (Wildman–Crippen MR) is 106 cm³/mol. The van der Waals surface area contributed by atoms with E-state index in [9.17, 15) is 4.79 Å². The van der Waals surface area contributed by atoms with E-state index in [4.69, 9.17) is 19.4 Å². The number of amides is 1. The van der Waals surface area contributed by atoms with Crippen LogP contribution >= 0.6 is 0 Å². The molecule has 1 aromatic carbocycles. The Morgan fingerprint density at radius 3 is 2.57 bits per heavy atom. The van der Waals surface area contributed by atoms with Gasteiger partial charge in [0.1, 0.15) is 0 Å². The number of rotatable bonds is 11. The number of hydroxylamine groups is 1. The molecule has 2 aromatic rings. The van der Waals surface area contributed by atoms with Crippen molar-refractivity contribution in [3.63, 3.8) is 0 Å². The lowest BCUT2D eigenvalue weighted by atomic mass is 10.00. The van der Waals surface area contributed by atoms with Crippen LogP contribution in [-0.2, 0) is 4.79 Å². The van der Waals surface area contributed by atoms with Crippen LogP contribution in [0.15, 0.2) is 43.1 Å². The number of pyridine rings is 1. The van der Waals surface area contributed by atoms with Gasteiger partial charge in [0.2, 0.25) is 11.8 Å². The minimum Gasteiger partial charge on any atom is -0.493 e. The smallest absolute Gasteiger partial charge is 0.243 e. The summed E-state index contributed by atoms with van der Waals surface area (Å²) in [7, 11) is 3.17. The fourth-order valence-corrected chi connectivity index (χ4v) is 2.66. The van der Waals surface area contributed by atoms with Crippen molar-refractivity contribution in [2.24, 2.45) is 0 Å². The molecule has 2 N–H and O–H groups in total. The fraction of sp³-hybridized carbons (Fsp3) is 0.333. The summed E-state index contributed by atoms with van der Waals surface area (Å²) in [5, 5.41) is 8.47. The first-order valence-electron chi connectivity index (χ1n) is 9.02. The quantitative estimate of drug-likeness (QED) is 0.348. The van der Waals surface area contributed by atoms with Gasteiger partial charge >= 0.3 is 0 Å². The largest absolute Gasteiger partial charge is 0.493 e. The molecule has 0 atom stereocenters. The summed E-state index contributed by atoms with van der Waals surface area (Å²) in [5.41, 5.74) is 4.26. The van der Waals surface area contributed by atoms with Crippen LogP contribution in [0.25, 0.3) is 5.57 Å². The standard InChI is InChI=1S/C21H26N2O5/c1-15(17-10-11-22-21(14-17)27-3)16-8-9-18(26-2)19(13-16)28-12-6-4-5-7-20(24)23-25/h8-11,13-14,25H,1,4-7,12H2,2-3H3,(H,23,24). The number of nitrogens with zero attached hydrogens (tertiary/aromatic N) is 1. The molecule has 150 valence electrons. The van der Waals surface area contributed by atoms with Crippen LogP contribution in [-0.4, -0.2) is 36.9 Å². The first-order chi connectivity index (χ1) is 13.6. The third-order valence-electron chi connectivity index (χ3n) is 4.23. The van der Waals surface area contributed by atoms with Crippen molar-refractivity contribution in [3.05, 3.63) is 54.2 Å². The number of methoxy groups -OCH3 is 2. The maximum atomic E-state index is 11.0. The molecule has 7 nitrogen and oxygen atoms in total. The number of unbranched alkanes of at least 4 members (excludes halogenated alkanes) is 2. The fourth-order valence-electron chi connectivity index (χ4n) is 2.66. The molecule has 28 heavy (non-hydrogen) atoms. The zero-order valence-electron chi connectivity index (χ0n) is 16.2. The van der Waals surface area contributed by atoms with E-state index < -0.39 is 0 Å². The Kier molecular flexibility index (Phi) is 8.30. The molecule has 1 amide bonds. The molecule has 2 rings (SSSR count). The van der Waals surface area contributed by atoms with E-state index >= 15 is 0 Å². The molecule has 0 saturated carbocycles. The van der Waals surface area contributed by atoms with E-state index in [1.165, 1.54) is 0 Å². The third-order valence-corrected chi connectivity index (χ3v) is 4.23. The average molecular weight is 386 g/mol. The highest BCUT2D eigenvalue weighted by Gasteiger charge is 2.10. The number of carbonyl (C=O) groups excluding carboxylic acids is 1. The zero-order chi connectivity index (χ0) is 20.4. The van der Waals surface area contributed by atoms with Gasteiger partial charge in [-0.3, -0.25) is 10.0 Å². The first kappa shape index (κ1) is 21.2. The molecule has 0 bridgehead atoms. The molecule has 0 aliphatic heterocycles. The molecule has 0 saturated heterocycles. The Morgan fingerprint density at radius 1 is 1.07 bits per heavy atom. The lowest BCUT2D eigenvalue weighted by Crippen LogP contribution is -2.17. The van der Waals surface area contributed by atoms with Gasteiger partial charge in [0, 0.05) is 18.7 Å². The molecule has 1 aromatic heterocycles. The topological polar surface area (TPSA) is 89.9 Å². The maximum Gasteiger partial charge on any atom is 0.243 e. The van der Waals surface area contributed by atoms with Crippen molar-refractivity contribution >= 4 is 11.5 Å². The van der Waals surface area contributed by atoms with Crippen molar-refractivity contribution in [2.45, 2.75) is 25.7 Å². The van der Waals surface area contributed by atoms with Crippen molar-refractivity contribution in [1.29, 1.82) is 0 Å².